The van der Waals surface area contributed by atoms with Gasteiger partial charge in [0.05, 0.1) is 11.1 Å². The van der Waals surface area contributed by atoms with Crippen LogP contribution in [-0.2, 0) is 16.4 Å². The normalized spacial score (nSPS) is 17.9. The molecule has 1 amide bonds. The number of rotatable bonds is 6. The van der Waals surface area contributed by atoms with Gasteiger partial charge in [-0.05, 0) is 61.9 Å². The van der Waals surface area contributed by atoms with Crippen molar-refractivity contribution in [1.82, 2.24) is 9.62 Å². The van der Waals surface area contributed by atoms with Gasteiger partial charge in [0.1, 0.15) is 16.3 Å². The lowest BCUT2D eigenvalue weighted by atomic mass is 9.94. The number of aryl methyl sites for hydroxylation is 1. The van der Waals surface area contributed by atoms with Crippen molar-refractivity contribution in [1.29, 1.82) is 0 Å². The number of aliphatic hydroxyl groups is 1. The van der Waals surface area contributed by atoms with Crippen LogP contribution in [0.3, 0.4) is 0 Å². The molecule has 12 heteroatoms. The minimum atomic E-state index is -4.17. The maximum atomic E-state index is 14.6. The molecule has 0 saturated heterocycles. The van der Waals surface area contributed by atoms with Gasteiger partial charge in [0.25, 0.3) is 0 Å². The highest BCUT2D eigenvalue weighted by atomic mass is 35.5. The number of amides is 1. The number of carbonyl (C=O) groups is 1. The molecule has 3 aromatic rings. The summed E-state index contributed by atoms with van der Waals surface area (Å²) in [6.07, 6.45) is 0.723. The van der Waals surface area contributed by atoms with Gasteiger partial charge in [0, 0.05) is 43.6 Å². The number of hydrogen-bond acceptors (Lipinski definition) is 7. The Kier molecular flexibility index (Phi) is 8.12. The summed E-state index contributed by atoms with van der Waals surface area (Å²) in [6.45, 7) is 1.69. The van der Waals surface area contributed by atoms with Crippen LogP contribution < -0.4 is 15.1 Å². The maximum Gasteiger partial charge on any atom is 0.414 e. The Labute approximate surface area is 224 Å². The first-order chi connectivity index (χ1) is 17.9. The van der Waals surface area contributed by atoms with E-state index in [4.69, 9.17) is 20.8 Å². The van der Waals surface area contributed by atoms with E-state index in [9.17, 15) is 27.5 Å². The third kappa shape index (κ3) is 6.01. The second kappa shape index (κ2) is 11.0. The summed E-state index contributed by atoms with van der Waals surface area (Å²) >= 11 is 6.31. The number of sulfonamides is 1. The predicted octanol–water partition coefficient (Wildman–Crippen LogP) is 4.13. The standard InChI is InChI=1S/C26H28ClFN2O7S/c1-14-18-12-20(27)23(37-26(33)30(2)3)13-22(18)36-25(32)19(14)10-15-4-9-21(28)24(11-15)38(34,35)29-16-5-7-17(31)8-6-16/h4,9,11-13,16-17,29,31H,5-8,10H2,1-3H3. The summed E-state index contributed by atoms with van der Waals surface area (Å²) in [6, 6.07) is 6.14. The van der Waals surface area contributed by atoms with E-state index < -0.39 is 44.6 Å². The van der Waals surface area contributed by atoms with Crippen molar-refractivity contribution < 1.29 is 31.9 Å². The van der Waals surface area contributed by atoms with Gasteiger partial charge in [0.2, 0.25) is 10.0 Å². The Morgan fingerprint density at radius 1 is 1.21 bits per heavy atom. The largest absolute Gasteiger partial charge is 0.422 e. The third-order valence-corrected chi connectivity index (χ3v) is 8.42. The second-order valence-corrected chi connectivity index (χ2v) is 11.7. The fourth-order valence-corrected chi connectivity index (χ4v) is 6.04. The van der Waals surface area contributed by atoms with E-state index in [2.05, 4.69) is 4.72 Å². The van der Waals surface area contributed by atoms with Gasteiger partial charge in [-0.3, -0.25) is 0 Å². The van der Waals surface area contributed by atoms with Crippen molar-refractivity contribution in [2.45, 2.75) is 56.1 Å². The molecule has 1 saturated carbocycles. The van der Waals surface area contributed by atoms with Gasteiger partial charge in [0.15, 0.2) is 5.75 Å². The fourth-order valence-electron chi connectivity index (χ4n) is 4.40. The minimum Gasteiger partial charge on any atom is -0.422 e. The van der Waals surface area contributed by atoms with E-state index in [1.54, 1.807) is 6.92 Å². The summed E-state index contributed by atoms with van der Waals surface area (Å²) in [7, 11) is -1.15. The number of aliphatic hydroxyl groups excluding tert-OH is 1. The molecule has 38 heavy (non-hydrogen) atoms. The number of hydrogen-bond donors (Lipinski definition) is 2. The maximum absolute atomic E-state index is 14.6. The minimum absolute atomic E-state index is 0.0164. The number of halogens is 2. The molecule has 9 nitrogen and oxygen atoms in total. The van der Waals surface area contributed by atoms with E-state index in [-0.39, 0.29) is 28.3 Å². The lowest BCUT2D eigenvalue weighted by molar-refractivity contribution is 0.120. The number of carbonyl (C=O) groups excluding carboxylic acids is 1. The molecule has 1 aliphatic rings. The van der Waals surface area contributed by atoms with E-state index in [0.717, 1.165) is 6.07 Å². The fraction of sp³-hybridized carbons (Fsp3) is 0.385. The van der Waals surface area contributed by atoms with Crippen LogP contribution in [0.15, 0.2) is 44.4 Å². The molecule has 1 aromatic heterocycles. The van der Waals surface area contributed by atoms with Crippen molar-refractivity contribution in [3.63, 3.8) is 0 Å². The number of nitrogens with zero attached hydrogens (tertiary/aromatic N) is 1. The number of ether oxygens (including phenoxy) is 1. The Balaban J connectivity index is 1.64. The number of nitrogens with one attached hydrogen (secondary N) is 1. The molecule has 0 radical (unpaired) electrons. The lowest BCUT2D eigenvalue weighted by Gasteiger charge is -2.26. The first-order valence-electron chi connectivity index (χ1n) is 12.0. The average Bonchev–Trinajstić information content (AvgIpc) is 2.85. The van der Waals surface area contributed by atoms with Gasteiger partial charge < -0.3 is 19.2 Å². The Hall–Kier alpha value is -2.99. The van der Waals surface area contributed by atoms with Gasteiger partial charge in [-0.25, -0.2) is 27.1 Å². The summed E-state index contributed by atoms with van der Waals surface area (Å²) in [5.41, 5.74) is 0.663. The first kappa shape index (κ1) is 28.0. The first-order valence-corrected chi connectivity index (χ1v) is 13.9. The van der Waals surface area contributed by atoms with E-state index in [0.29, 0.717) is 42.2 Å². The predicted molar refractivity (Wildman–Crippen MR) is 140 cm³/mol. The lowest BCUT2D eigenvalue weighted by Crippen LogP contribution is -2.38. The Morgan fingerprint density at radius 3 is 2.55 bits per heavy atom. The third-order valence-electron chi connectivity index (χ3n) is 6.59. The van der Waals surface area contributed by atoms with Crippen LogP contribution in [0, 0.1) is 12.7 Å². The molecule has 0 atom stereocenters. The Morgan fingerprint density at radius 2 is 1.89 bits per heavy atom. The quantitative estimate of drug-likeness (QED) is 0.430. The van der Waals surface area contributed by atoms with Crippen molar-refractivity contribution >= 4 is 38.7 Å². The molecule has 2 aromatic carbocycles. The van der Waals surface area contributed by atoms with E-state index >= 15 is 0 Å². The van der Waals surface area contributed by atoms with Crippen LogP contribution >= 0.6 is 11.6 Å². The molecular weight excluding hydrogens is 539 g/mol. The molecule has 0 aliphatic heterocycles. The zero-order valence-electron chi connectivity index (χ0n) is 21.1. The average molecular weight is 567 g/mol. The summed E-state index contributed by atoms with van der Waals surface area (Å²) in [4.78, 5) is 25.5. The van der Waals surface area contributed by atoms with Crippen LogP contribution in [0.2, 0.25) is 5.02 Å². The molecule has 2 N–H and O–H groups in total. The van der Waals surface area contributed by atoms with Crippen LogP contribution in [0.4, 0.5) is 9.18 Å². The summed E-state index contributed by atoms with van der Waals surface area (Å²) in [5, 5.41) is 10.3. The van der Waals surface area contributed by atoms with Gasteiger partial charge >= 0.3 is 11.7 Å². The van der Waals surface area contributed by atoms with Crippen molar-refractivity contribution in [3.8, 4) is 5.75 Å². The highest BCUT2D eigenvalue weighted by molar-refractivity contribution is 7.89. The molecule has 1 fully saturated rings. The van der Waals surface area contributed by atoms with Crippen LogP contribution in [0.5, 0.6) is 5.75 Å². The number of benzene rings is 2. The summed E-state index contributed by atoms with van der Waals surface area (Å²) < 4.78 is 53.7. The SMILES string of the molecule is Cc1c(Cc2ccc(F)c(S(=O)(=O)NC3CCC(O)CC3)c2)c(=O)oc2cc(OC(=O)N(C)C)c(Cl)cc12. The Bertz CT molecular complexity index is 1550. The van der Waals surface area contributed by atoms with Gasteiger partial charge in [-0.2, -0.15) is 0 Å². The number of fused-ring (bicyclic) bond motifs is 1. The molecule has 204 valence electrons. The second-order valence-electron chi connectivity index (χ2n) is 9.60. The molecule has 1 heterocycles. The smallest absolute Gasteiger partial charge is 0.414 e. The van der Waals surface area contributed by atoms with Gasteiger partial charge in [-0.1, -0.05) is 17.7 Å². The molecule has 4 rings (SSSR count). The molecule has 0 spiro atoms. The molecule has 1 aliphatic carbocycles. The highest BCUT2D eigenvalue weighted by Gasteiger charge is 2.27. The molecule has 0 bridgehead atoms. The topological polar surface area (TPSA) is 126 Å². The highest BCUT2D eigenvalue weighted by Crippen LogP contribution is 2.33. The zero-order chi connectivity index (χ0) is 27.8. The monoisotopic (exact) mass is 566 g/mol. The summed E-state index contributed by atoms with van der Waals surface area (Å²) in [5.74, 6) is -0.882. The van der Waals surface area contributed by atoms with Crippen LogP contribution in [0.25, 0.3) is 11.0 Å². The van der Waals surface area contributed by atoms with Crippen molar-refractivity contribution in [2.24, 2.45) is 0 Å². The molecule has 0 unspecified atom stereocenters. The molecular formula is C26H28ClFN2O7S. The van der Waals surface area contributed by atoms with E-state index in [1.165, 1.54) is 43.3 Å². The van der Waals surface area contributed by atoms with Crippen LogP contribution in [0.1, 0.15) is 42.4 Å². The van der Waals surface area contributed by atoms with Crippen molar-refractivity contribution in [2.75, 3.05) is 14.1 Å². The van der Waals surface area contributed by atoms with E-state index in [1.807, 2.05) is 0 Å². The van der Waals surface area contributed by atoms with Crippen molar-refractivity contribution in [3.05, 3.63) is 68.3 Å². The zero-order valence-corrected chi connectivity index (χ0v) is 22.7. The van der Waals surface area contributed by atoms with Crippen LogP contribution in [-0.4, -0.2) is 50.8 Å². The van der Waals surface area contributed by atoms with Gasteiger partial charge in [-0.15, -0.1) is 0 Å².